The van der Waals surface area contributed by atoms with Crippen LogP contribution in [0.5, 0.6) is 0 Å². The molecule has 0 spiro atoms. The number of halogens is 1. The molecule has 0 atom stereocenters. The van der Waals surface area contributed by atoms with Crippen LogP contribution in [0.3, 0.4) is 0 Å². The number of aromatic nitrogens is 1. The van der Waals surface area contributed by atoms with Gasteiger partial charge in [0.15, 0.2) is 0 Å². The van der Waals surface area contributed by atoms with Crippen molar-refractivity contribution in [3.63, 3.8) is 0 Å². The maximum Gasteiger partial charge on any atom is 0.319 e. The van der Waals surface area contributed by atoms with Gasteiger partial charge in [0.1, 0.15) is 5.82 Å². The molecule has 7 heteroatoms. The fourth-order valence-electron chi connectivity index (χ4n) is 4.59. The first-order valence-corrected chi connectivity index (χ1v) is 12.0. The Bertz CT molecular complexity index is 1200. The van der Waals surface area contributed by atoms with E-state index in [0.29, 0.717) is 42.5 Å². The second-order valence-electron chi connectivity index (χ2n) is 9.59. The van der Waals surface area contributed by atoms with Crippen LogP contribution in [0.1, 0.15) is 32.3 Å². The molecule has 34 heavy (non-hydrogen) atoms. The summed E-state index contributed by atoms with van der Waals surface area (Å²) in [5.74, 6) is 0.536. The minimum Gasteiger partial charge on any atom is -0.338 e. The highest BCUT2D eigenvalue weighted by Crippen LogP contribution is 2.22. The molecule has 0 unspecified atom stereocenters. The number of anilines is 1. The summed E-state index contributed by atoms with van der Waals surface area (Å²) in [7, 11) is 0. The van der Waals surface area contributed by atoms with Crippen LogP contribution >= 0.6 is 0 Å². The molecule has 2 amide bonds. The second-order valence-corrected chi connectivity index (χ2v) is 9.59. The lowest BCUT2D eigenvalue weighted by Gasteiger charge is -2.32. The zero-order valence-corrected chi connectivity index (χ0v) is 19.9. The number of benzene rings is 2. The van der Waals surface area contributed by atoms with Crippen molar-refractivity contribution in [3.8, 4) is 0 Å². The third-order valence-electron chi connectivity index (χ3n) is 6.41. The summed E-state index contributed by atoms with van der Waals surface area (Å²) < 4.78 is 15.6. The van der Waals surface area contributed by atoms with Crippen LogP contribution in [0.4, 0.5) is 14.9 Å². The van der Waals surface area contributed by atoms with E-state index in [0.717, 1.165) is 36.9 Å². The molecule has 1 aliphatic rings. The van der Waals surface area contributed by atoms with Crippen LogP contribution in [0.2, 0.25) is 0 Å². The first-order chi connectivity index (χ1) is 16.4. The van der Waals surface area contributed by atoms with Crippen LogP contribution in [0.15, 0.2) is 59.5 Å². The van der Waals surface area contributed by atoms with Crippen LogP contribution in [-0.4, -0.2) is 35.1 Å². The lowest BCUT2D eigenvalue weighted by atomic mass is 9.96. The average Bonchev–Trinajstić information content (AvgIpc) is 2.83. The molecule has 1 fully saturated rings. The summed E-state index contributed by atoms with van der Waals surface area (Å²) in [6.45, 7) is 7.67. The highest BCUT2D eigenvalue weighted by molar-refractivity contribution is 6.00. The number of nitrogens with one attached hydrogen (secondary N) is 2. The van der Waals surface area contributed by atoms with Crippen molar-refractivity contribution in [1.82, 2.24) is 14.8 Å². The van der Waals surface area contributed by atoms with Crippen molar-refractivity contribution < 1.29 is 9.18 Å². The predicted octanol–water partition coefficient (Wildman–Crippen LogP) is 4.83. The summed E-state index contributed by atoms with van der Waals surface area (Å²) in [4.78, 5) is 27.8. The van der Waals surface area contributed by atoms with Crippen molar-refractivity contribution in [1.29, 1.82) is 0 Å². The normalized spacial score (nSPS) is 15.1. The lowest BCUT2D eigenvalue weighted by Crippen LogP contribution is -2.39. The number of likely N-dealkylation sites (tertiary alicyclic amines) is 1. The van der Waals surface area contributed by atoms with Crippen molar-refractivity contribution in [2.75, 3.05) is 25.0 Å². The van der Waals surface area contributed by atoms with E-state index in [1.54, 1.807) is 22.9 Å². The Kier molecular flexibility index (Phi) is 7.63. The highest BCUT2D eigenvalue weighted by Gasteiger charge is 2.21. The largest absolute Gasteiger partial charge is 0.338 e. The van der Waals surface area contributed by atoms with Gasteiger partial charge < -0.3 is 15.2 Å². The molecular weight excluding hydrogens is 431 g/mol. The number of hydrogen-bond acceptors (Lipinski definition) is 3. The molecule has 3 aromatic rings. The van der Waals surface area contributed by atoms with E-state index < -0.39 is 0 Å². The lowest BCUT2D eigenvalue weighted by molar-refractivity contribution is 0.174. The quantitative estimate of drug-likeness (QED) is 0.526. The summed E-state index contributed by atoms with van der Waals surface area (Å²) in [6, 6.07) is 14.0. The Morgan fingerprint density at radius 1 is 1.06 bits per heavy atom. The minimum atomic E-state index is -0.270. The smallest absolute Gasteiger partial charge is 0.319 e. The Hall–Kier alpha value is -3.19. The van der Waals surface area contributed by atoms with Gasteiger partial charge in [0.25, 0.3) is 5.56 Å². The number of carbonyl (C=O) groups excluding carboxylic acids is 1. The summed E-state index contributed by atoms with van der Waals surface area (Å²) in [5, 5.41) is 7.29. The number of fused-ring (bicyclic) bond motifs is 1. The van der Waals surface area contributed by atoms with Gasteiger partial charge in [-0.3, -0.25) is 9.69 Å². The fraction of sp³-hybridized carbons (Fsp3) is 0.407. The fourth-order valence-corrected chi connectivity index (χ4v) is 4.59. The Balaban J connectivity index is 1.33. The van der Waals surface area contributed by atoms with Gasteiger partial charge in [0.2, 0.25) is 0 Å². The number of piperidine rings is 1. The van der Waals surface area contributed by atoms with Gasteiger partial charge in [-0.05, 0) is 49.9 Å². The van der Waals surface area contributed by atoms with Crippen molar-refractivity contribution in [2.24, 2.45) is 11.8 Å². The Morgan fingerprint density at radius 3 is 2.44 bits per heavy atom. The van der Waals surface area contributed by atoms with Crippen LogP contribution < -0.4 is 16.2 Å². The van der Waals surface area contributed by atoms with E-state index in [9.17, 15) is 14.0 Å². The summed E-state index contributed by atoms with van der Waals surface area (Å²) in [6.07, 6.45) is 3.65. The first-order valence-electron chi connectivity index (χ1n) is 12.0. The minimum absolute atomic E-state index is 0.0441. The number of carbonyl (C=O) groups is 1. The Labute approximate surface area is 199 Å². The van der Waals surface area contributed by atoms with E-state index in [4.69, 9.17) is 0 Å². The van der Waals surface area contributed by atoms with Gasteiger partial charge in [0.05, 0.1) is 5.69 Å². The molecule has 1 aromatic heterocycles. The molecule has 2 heterocycles. The standard InChI is InChI=1S/C27H33FN4O2/c1-19(2)16-32-18-25(22-8-4-5-9-23(22)26(32)33)30-27(34)29-15-20-11-13-31(14-12-20)17-21-7-3-6-10-24(21)28/h3-10,18-20H,11-17H2,1-2H3,(H2,29,30,34). The first kappa shape index (κ1) is 24.0. The number of urea groups is 1. The molecule has 2 aromatic carbocycles. The number of rotatable bonds is 7. The molecule has 6 nitrogen and oxygen atoms in total. The van der Waals surface area contributed by atoms with E-state index in [-0.39, 0.29) is 17.4 Å². The molecule has 2 N–H and O–H groups in total. The van der Waals surface area contributed by atoms with Crippen molar-refractivity contribution >= 4 is 22.5 Å². The van der Waals surface area contributed by atoms with Gasteiger partial charge in [-0.2, -0.15) is 0 Å². The molecule has 0 radical (unpaired) electrons. The van der Waals surface area contributed by atoms with Crippen LogP contribution in [0.25, 0.3) is 10.8 Å². The van der Waals surface area contributed by atoms with Gasteiger partial charge in [-0.1, -0.05) is 50.2 Å². The topological polar surface area (TPSA) is 66.4 Å². The highest BCUT2D eigenvalue weighted by atomic mass is 19.1. The zero-order chi connectivity index (χ0) is 24.1. The molecule has 0 saturated carbocycles. The van der Waals surface area contributed by atoms with Crippen LogP contribution in [0, 0.1) is 17.7 Å². The molecular formula is C27H33FN4O2. The van der Waals surface area contributed by atoms with E-state index in [1.165, 1.54) is 6.07 Å². The van der Waals surface area contributed by atoms with E-state index in [2.05, 4.69) is 29.4 Å². The van der Waals surface area contributed by atoms with Crippen molar-refractivity contribution in [2.45, 2.75) is 39.8 Å². The van der Waals surface area contributed by atoms with E-state index >= 15 is 0 Å². The number of amides is 2. The molecule has 1 saturated heterocycles. The molecule has 0 aliphatic carbocycles. The second kappa shape index (κ2) is 10.8. The average molecular weight is 465 g/mol. The van der Waals surface area contributed by atoms with Crippen LogP contribution in [-0.2, 0) is 13.1 Å². The summed E-state index contributed by atoms with van der Waals surface area (Å²) >= 11 is 0. The predicted molar refractivity (Wildman–Crippen MR) is 134 cm³/mol. The summed E-state index contributed by atoms with van der Waals surface area (Å²) in [5.41, 5.74) is 1.31. The molecule has 4 rings (SSSR count). The number of nitrogens with zero attached hydrogens (tertiary/aromatic N) is 2. The molecule has 0 bridgehead atoms. The van der Waals surface area contributed by atoms with Gasteiger partial charge in [-0.25, -0.2) is 9.18 Å². The number of pyridine rings is 1. The third kappa shape index (κ3) is 5.83. The maximum absolute atomic E-state index is 13.9. The molecule has 1 aliphatic heterocycles. The third-order valence-corrected chi connectivity index (χ3v) is 6.41. The van der Waals surface area contributed by atoms with Crippen molar-refractivity contribution in [3.05, 3.63) is 76.5 Å². The maximum atomic E-state index is 13.9. The monoisotopic (exact) mass is 464 g/mol. The van der Waals surface area contributed by atoms with Gasteiger partial charge in [-0.15, -0.1) is 0 Å². The zero-order valence-electron chi connectivity index (χ0n) is 19.9. The molecule has 180 valence electrons. The van der Waals surface area contributed by atoms with Gasteiger partial charge >= 0.3 is 6.03 Å². The number of hydrogen-bond donors (Lipinski definition) is 2. The SMILES string of the molecule is CC(C)Cn1cc(NC(=O)NCC2CCN(Cc3ccccc3F)CC2)c2ccccc2c1=O. The van der Waals surface area contributed by atoms with E-state index in [1.807, 2.05) is 30.3 Å². The van der Waals surface area contributed by atoms with Gasteiger partial charge in [0, 0.05) is 42.2 Å². The Morgan fingerprint density at radius 2 is 1.74 bits per heavy atom.